The zero-order chi connectivity index (χ0) is 14.0. The molecule has 0 atom stereocenters. The van der Waals surface area contributed by atoms with E-state index in [-0.39, 0.29) is 0 Å². The summed E-state index contributed by atoms with van der Waals surface area (Å²) < 4.78 is 0. The fraction of sp³-hybridized carbons (Fsp3) is 0.385. The molecule has 6 heteroatoms. The van der Waals surface area contributed by atoms with Gasteiger partial charge < -0.3 is 5.73 Å². The van der Waals surface area contributed by atoms with Crippen LogP contribution in [-0.4, -0.2) is 26.1 Å². The third kappa shape index (κ3) is 2.21. The van der Waals surface area contributed by atoms with Crippen LogP contribution in [0.5, 0.6) is 0 Å². The third-order valence-electron chi connectivity index (χ3n) is 2.97. The van der Waals surface area contributed by atoms with Crippen LogP contribution in [0.4, 0.5) is 0 Å². The van der Waals surface area contributed by atoms with Gasteiger partial charge in [-0.25, -0.2) is 9.97 Å². The molecule has 19 heavy (non-hydrogen) atoms. The Hall–Kier alpha value is -2.24. The Morgan fingerprint density at radius 2 is 2.05 bits per heavy atom. The number of hydrogen-bond donors (Lipinski definition) is 2. The van der Waals surface area contributed by atoms with Gasteiger partial charge >= 0.3 is 0 Å². The van der Waals surface area contributed by atoms with Crippen LogP contribution < -0.4 is 5.73 Å². The van der Waals surface area contributed by atoms with Crippen molar-refractivity contribution in [3.05, 3.63) is 28.8 Å². The molecular formula is C13H17N5O. The van der Waals surface area contributed by atoms with Gasteiger partial charge in [-0.1, -0.05) is 13.8 Å². The van der Waals surface area contributed by atoms with Gasteiger partial charge in [0.1, 0.15) is 17.2 Å². The number of hydrogen-bond acceptors (Lipinski definition) is 4. The number of carbonyl (C=O) groups is 1. The Morgan fingerprint density at radius 1 is 1.32 bits per heavy atom. The molecule has 2 aromatic heterocycles. The second-order valence-electron chi connectivity index (χ2n) is 4.08. The lowest BCUT2D eigenvalue weighted by Crippen LogP contribution is -2.15. The molecular weight excluding hydrogens is 242 g/mol. The lowest BCUT2D eigenvalue weighted by Gasteiger charge is -2.14. The number of aryl methyl sites for hydroxylation is 2. The smallest absolute Gasteiger partial charge is 0.267 e. The maximum absolute atomic E-state index is 11.2. The van der Waals surface area contributed by atoms with Gasteiger partial charge in [-0.2, -0.15) is 5.10 Å². The van der Waals surface area contributed by atoms with E-state index in [9.17, 15) is 4.79 Å². The van der Waals surface area contributed by atoms with Crippen molar-refractivity contribution in [2.45, 2.75) is 33.6 Å². The van der Waals surface area contributed by atoms with Crippen LogP contribution in [-0.2, 0) is 12.8 Å². The van der Waals surface area contributed by atoms with E-state index in [4.69, 9.17) is 5.73 Å². The van der Waals surface area contributed by atoms with E-state index >= 15 is 0 Å². The Kier molecular flexibility index (Phi) is 3.59. The van der Waals surface area contributed by atoms with Gasteiger partial charge in [-0.3, -0.25) is 9.89 Å². The average molecular weight is 259 g/mol. The van der Waals surface area contributed by atoms with Crippen molar-refractivity contribution in [1.29, 1.82) is 0 Å². The van der Waals surface area contributed by atoms with Crippen molar-refractivity contribution in [2.75, 3.05) is 0 Å². The van der Waals surface area contributed by atoms with E-state index < -0.39 is 5.91 Å². The Labute approximate surface area is 111 Å². The predicted octanol–water partition coefficient (Wildman–Crippen LogP) is 1.40. The normalized spacial score (nSPS) is 11.9. The van der Waals surface area contributed by atoms with E-state index in [1.807, 2.05) is 27.0 Å². The summed E-state index contributed by atoms with van der Waals surface area (Å²) in [6.45, 7) is 5.83. The predicted molar refractivity (Wildman–Crippen MR) is 71.6 cm³/mol. The SMILES string of the molecule is CC.Cc1ncc2c(n1)-c1n[nH]c(C(N)=O)c1CC2. The monoisotopic (exact) mass is 259 g/mol. The second-order valence-corrected chi connectivity index (χ2v) is 4.08. The fourth-order valence-corrected chi connectivity index (χ4v) is 2.15. The summed E-state index contributed by atoms with van der Waals surface area (Å²) in [6, 6.07) is 0. The fourth-order valence-electron chi connectivity index (χ4n) is 2.15. The minimum atomic E-state index is -0.479. The molecule has 0 saturated heterocycles. The summed E-state index contributed by atoms with van der Waals surface area (Å²) in [7, 11) is 0. The molecule has 0 fully saturated rings. The van der Waals surface area contributed by atoms with E-state index in [1.54, 1.807) is 0 Å². The van der Waals surface area contributed by atoms with Crippen molar-refractivity contribution < 1.29 is 4.79 Å². The number of primary amides is 1. The van der Waals surface area contributed by atoms with Crippen molar-refractivity contribution in [3.8, 4) is 11.4 Å². The standard InChI is InChI=1S/C11H11N5O.C2H6/c1-5-13-4-6-2-3-7-9(8(6)14-5)15-16-10(7)11(12)17;1-2/h4H,2-3H2,1H3,(H2,12,17)(H,15,16);1-2H3. The largest absolute Gasteiger partial charge is 0.364 e. The summed E-state index contributed by atoms with van der Waals surface area (Å²) in [6.07, 6.45) is 3.37. The van der Waals surface area contributed by atoms with E-state index in [2.05, 4.69) is 20.2 Å². The van der Waals surface area contributed by atoms with Crippen LogP contribution in [0.3, 0.4) is 0 Å². The summed E-state index contributed by atoms with van der Waals surface area (Å²) in [5.41, 5.74) is 9.14. The zero-order valence-corrected chi connectivity index (χ0v) is 11.3. The van der Waals surface area contributed by atoms with Crippen LogP contribution in [0.15, 0.2) is 6.20 Å². The van der Waals surface area contributed by atoms with E-state index in [0.717, 1.165) is 35.4 Å². The van der Waals surface area contributed by atoms with Crippen LogP contribution in [0.25, 0.3) is 11.4 Å². The number of amides is 1. The molecule has 2 heterocycles. The number of nitrogens with one attached hydrogen (secondary N) is 1. The number of nitrogens with two attached hydrogens (primary N) is 1. The summed E-state index contributed by atoms with van der Waals surface area (Å²) in [4.78, 5) is 19.8. The summed E-state index contributed by atoms with van der Waals surface area (Å²) >= 11 is 0. The highest BCUT2D eigenvalue weighted by atomic mass is 16.1. The van der Waals surface area contributed by atoms with Crippen LogP contribution >= 0.6 is 0 Å². The van der Waals surface area contributed by atoms with Crippen molar-refractivity contribution in [2.24, 2.45) is 5.73 Å². The van der Waals surface area contributed by atoms with Crippen molar-refractivity contribution in [1.82, 2.24) is 20.2 Å². The molecule has 3 N–H and O–H groups in total. The molecule has 1 aliphatic carbocycles. The molecule has 0 aromatic carbocycles. The zero-order valence-electron chi connectivity index (χ0n) is 11.3. The first-order valence-corrected chi connectivity index (χ1v) is 6.36. The van der Waals surface area contributed by atoms with Gasteiger partial charge in [0, 0.05) is 11.8 Å². The molecule has 2 aromatic rings. The molecule has 0 unspecified atom stereocenters. The Morgan fingerprint density at radius 3 is 2.74 bits per heavy atom. The third-order valence-corrected chi connectivity index (χ3v) is 2.97. The molecule has 0 aliphatic heterocycles. The highest BCUT2D eigenvalue weighted by molar-refractivity contribution is 5.94. The molecule has 3 rings (SSSR count). The second kappa shape index (κ2) is 5.17. The first-order chi connectivity index (χ1) is 9.16. The number of aromatic amines is 1. The molecule has 6 nitrogen and oxygen atoms in total. The van der Waals surface area contributed by atoms with Gasteiger partial charge in [-0.15, -0.1) is 0 Å². The van der Waals surface area contributed by atoms with Crippen LogP contribution in [0, 0.1) is 6.92 Å². The molecule has 100 valence electrons. The minimum Gasteiger partial charge on any atom is -0.364 e. The van der Waals surface area contributed by atoms with E-state index in [1.165, 1.54) is 0 Å². The van der Waals surface area contributed by atoms with Crippen LogP contribution in [0.2, 0.25) is 0 Å². The van der Waals surface area contributed by atoms with Crippen molar-refractivity contribution >= 4 is 5.91 Å². The summed E-state index contributed by atoms with van der Waals surface area (Å²) in [5.74, 6) is 0.216. The van der Waals surface area contributed by atoms with E-state index in [0.29, 0.717) is 11.5 Å². The number of rotatable bonds is 1. The van der Waals surface area contributed by atoms with Gasteiger partial charge in [0.25, 0.3) is 5.91 Å². The van der Waals surface area contributed by atoms with Crippen LogP contribution in [0.1, 0.15) is 41.3 Å². The van der Waals surface area contributed by atoms with Gasteiger partial charge in [0.05, 0.1) is 5.69 Å². The molecule has 1 aliphatic rings. The number of H-pyrrole nitrogens is 1. The topological polar surface area (TPSA) is 97.6 Å². The lowest BCUT2D eigenvalue weighted by molar-refractivity contribution is 0.0994. The first kappa shape index (κ1) is 13.2. The summed E-state index contributed by atoms with van der Waals surface area (Å²) in [5, 5.41) is 6.84. The molecule has 1 amide bonds. The van der Waals surface area contributed by atoms with Crippen molar-refractivity contribution in [3.63, 3.8) is 0 Å². The quantitative estimate of drug-likeness (QED) is 0.808. The molecule has 0 radical (unpaired) electrons. The number of aromatic nitrogens is 4. The molecule has 0 spiro atoms. The maximum atomic E-state index is 11.2. The van der Waals surface area contributed by atoms with Gasteiger partial charge in [0.2, 0.25) is 0 Å². The Bertz CT molecular complexity index is 617. The molecule has 0 bridgehead atoms. The van der Waals surface area contributed by atoms with Gasteiger partial charge in [0.15, 0.2) is 0 Å². The highest BCUT2D eigenvalue weighted by Gasteiger charge is 2.25. The Balaban J connectivity index is 0.000000637. The lowest BCUT2D eigenvalue weighted by atomic mass is 9.93. The van der Waals surface area contributed by atoms with Gasteiger partial charge in [-0.05, 0) is 25.3 Å². The number of carbonyl (C=O) groups excluding carboxylic acids is 1. The minimum absolute atomic E-state index is 0.391. The highest BCUT2D eigenvalue weighted by Crippen LogP contribution is 2.31. The average Bonchev–Trinajstić information content (AvgIpc) is 2.85. The maximum Gasteiger partial charge on any atom is 0.267 e. The number of nitrogens with zero attached hydrogens (tertiary/aromatic N) is 3. The first-order valence-electron chi connectivity index (χ1n) is 6.36. The molecule has 0 saturated carbocycles. The number of fused-ring (bicyclic) bond motifs is 3.